The van der Waals surface area contributed by atoms with Crippen LogP contribution in [0.2, 0.25) is 0 Å². The smallest absolute Gasteiger partial charge is 0.306 e. The van der Waals surface area contributed by atoms with Gasteiger partial charge in [-0.25, -0.2) is 0 Å². The van der Waals surface area contributed by atoms with Gasteiger partial charge in [0.05, 0.1) is 6.61 Å². The number of aliphatic hydroxyl groups excluding tert-OH is 1. The summed E-state index contributed by atoms with van der Waals surface area (Å²) in [6.45, 7) is 4.05. The lowest BCUT2D eigenvalue weighted by molar-refractivity contribution is -0.161. The zero-order chi connectivity index (χ0) is 45.6. The first-order chi connectivity index (χ1) is 31.1. The predicted octanol–water partition coefficient (Wildman–Crippen LogP) is 18.5. The van der Waals surface area contributed by atoms with E-state index in [4.69, 9.17) is 9.47 Å². The van der Waals surface area contributed by atoms with E-state index in [0.29, 0.717) is 12.8 Å². The number of unbranched alkanes of at least 4 members (excludes halogenated alkanes) is 35. The third-order valence-electron chi connectivity index (χ3n) is 12.4. The molecule has 0 fully saturated rings. The molecule has 0 aromatic carbocycles. The molecule has 0 rings (SSSR count). The van der Waals surface area contributed by atoms with Crippen molar-refractivity contribution >= 4 is 11.9 Å². The van der Waals surface area contributed by atoms with Gasteiger partial charge in [0.15, 0.2) is 6.10 Å². The van der Waals surface area contributed by atoms with Gasteiger partial charge in [-0.3, -0.25) is 9.59 Å². The lowest BCUT2D eigenvalue weighted by Crippen LogP contribution is -2.28. The molecule has 0 aromatic rings. The highest BCUT2D eigenvalue weighted by Gasteiger charge is 2.16. The summed E-state index contributed by atoms with van der Waals surface area (Å²) in [5, 5.41) is 9.61. The molecule has 63 heavy (non-hydrogen) atoms. The number of allylic oxidation sites excluding steroid dienone is 8. The molecular weight excluding hydrogens is 777 g/mol. The number of rotatable bonds is 51. The maximum atomic E-state index is 12.3. The molecule has 0 aliphatic rings. The molecule has 0 aliphatic heterocycles. The third kappa shape index (κ3) is 52.4. The highest BCUT2D eigenvalue weighted by Crippen LogP contribution is 2.17. The summed E-state index contributed by atoms with van der Waals surface area (Å²) < 4.78 is 10.7. The first kappa shape index (κ1) is 60.9. The summed E-state index contributed by atoms with van der Waals surface area (Å²) in [6, 6.07) is 0. The highest BCUT2D eigenvalue weighted by molar-refractivity contribution is 5.70. The van der Waals surface area contributed by atoms with Crippen LogP contribution >= 0.6 is 0 Å². The lowest BCUT2D eigenvalue weighted by atomic mass is 10.0. The zero-order valence-corrected chi connectivity index (χ0v) is 42.1. The Labute approximate surface area is 392 Å². The number of carbonyl (C=O) groups excluding carboxylic acids is 2. The molecule has 0 heterocycles. The average Bonchev–Trinajstić information content (AvgIpc) is 3.29. The normalized spacial score (nSPS) is 12.5. The van der Waals surface area contributed by atoms with Crippen LogP contribution in [0.3, 0.4) is 0 Å². The van der Waals surface area contributed by atoms with E-state index in [2.05, 4.69) is 62.5 Å². The maximum Gasteiger partial charge on any atom is 0.306 e. The van der Waals surface area contributed by atoms with Crippen molar-refractivity contribution in [1.29, 1.82) is 0 Å². The number of esters is 2. The van der Waals surface area contributed by atoms with Crippen molar-refractivity contribution < 1.29 is 24.2 Å². The van der Waals surface area contributed by atoms with Gasteiger partial charge in [-0.05, 0) is 51.4 Å². The summed E-state index contributed by atoms with van der Waals surface area (Å²) in [4.78, 5) is 24.4. The first-order valence-electron chi connectivity index (χ1n) is 27.7. The minimum Gasteiger partial charge on any atom is -0.462 e. The van der Waals surface area contributed by atoms with Crippen LogP contribution in [-0.4, -0.2) is 36.4 Å². The molecule has 0 bridgehead atoms. The minimum atomic E-state index is -0.766. The molecular formula is C58H106O5. The van der Waals surface area contributed by atoms with E-state index >= 15 is 0 Å². The van der Waals surface area contributed by atoms with E-state index in [1.165, 1.54) is 199 Å². The molecule has 0 radical (unpaired) electrons. The Bertz CT molecular complexity index is 1040. The van der Waals surface area contributed by atoms with Gasteiger partial charge < -0.3 is 14.6 Å². The van der Waals surface area contributed by atoms with Gasteiger partial charge in [-0.2, -0.15) is 0 Å². The van der Waals surface area contributed by atoms with Crippen LogP contribution in [0, 0.1) is 0 Å². The fraction of sp³-hybridized carbons (Fsp3) is 0.828. The monoisotopic (exact) mass is 883 g/mol. The van der Waals surface area contributed by atoms with Crippen LogP contribution in [0.1, 0.15) is 290 Å². The molecule has 0 saturated carbocycles. The topological polar surface area (TPSA) is 72.8 Å². The largest absolute Gasteiger partial charge is 0.462 e. The van der Waals surface area contributed by atoms with Crippen molar-refractivity contribution in [1.82, 2.24) is 0 Å². The second-order valence-corrected chi connectivity index (χ2v) is 18.6. The molecule has 1 atom stereocenters. The zero-order valence-electron chi connectivity index (χ0n) is 42.1. The van der Waals surface area contributed by atoms with E-state index in [0.717, 1.165) is 64.2 Å². The number of aliphatic hydroxyl groups is 1. The number of ether oxygens (including phenoxy) is 2. The maximum absolute atomic E-state index is 12.3. The van der Waals surface area contributed by atoms with Gasteiger partial charge in [-0.15, -0.1) is 0 Å². The van der Waals surface area contributed by atoms with Gasteiger partial charge in [-0.1, -0.05) is 274 Å². The molecule has 1 unspecified atom stereocenters. The Balaban J connectivity index is 3.37. The second-order valence-electron chi connectivity index (χ2n) is 18.6. The van der Waals surface area contributed by atoms with Crippen molar-refractivity contribution in [2.75, 3.05) is 13.2 Å². The molecule has 0 amide bonds. The van der Waals surface area contributed by atoms with Crippen molar-refractivity contribution in [2.24, 2.45) is 0 Å². The van der Waals surface area contributed by atoms with E-state index in [9.17, 15) is 14.7 Å². The predicted molar refractivity (Wildman–Crippen MR) is 274 cm³/mol. The Kier molecular flexibility index (Phi) is 52.4. The highest BCUT2D eigenvalue weighted by atomic mass is 16.6. The van der Waals surface area contributed by atoms with Crippen LogP contribution in [0.25, 0.3) is 0 Å². The molecule has 0 aromatic heterocycles. The van der Waals surface area contributed by atoms with E-state index in [1.807, 2.05) is 0 Å². The Morgan fingerprint density at radius 1 is 0.381 bits per heavy atom. The average molecular weight is 883 g/mol. The van der Waals surface area contributed by atoms with Gasteiger partial charge in [0, 0.05) is 12.8 Å². The number of hydrogen-bond donors (Lipinski definition) is 1. The van der Waals surface area contributed by atoms with Crippen molar-refractivity contribution in [3.63, 3.8) is 0 Å². The van der Waals surface area contributed by atoms with Crippen LogP contribution < -0.4 is 0 Å². The molecule has 0 spiro atoms. The van der Waals surface area contributed by atoms with Crippen molar-refractivity contribution in [3.8, 4) is 0 Å². The third-order valence-corrected chi connectivity index (χ3v) is 12.4. The first-order valence-corrected chi connectivity index (χ1v) is 27.7. The van der Waals surface area contributed by atoms with Gasteiger partial charge in [0.2, 0.25) is 0 Å². The molecule has 368 valence electrons. The van der Waals surface area contributed by atoms with Crippen LogP contribution in [0.5, 0.6) is 0 Å². The van der Waals surface area contributed by atoms with Crippen LogP contribution in [0.15, 0.2) is 48.6 Å². The lowest BCUT2D eigenvalue weighted by Gasteiger charge is -2.15. The molecule has 0 aliphatic carbocycles. The van der Waals surface area contributed by atoms with Gasteiger partial charge in [0.25, 0.3) is 0 Å². The molecule has 5 nitrogen and oxygen atoms in total. The minimum absolute atomic E-state index is 0.0597. The number of carbonyl (C=O) groups is 2. The molecule has 1 N–H and O–H groups in total. The van der Waals surface area contributed by atoms with Crippen LogP contribution in [-0.2, 0) is 19.1 Å². The molecule has 0 saturated heterocycles. The summed E-state index contributed by atoms with van der Waals surface area (Å²) >= 11 is 0. The fourth-order valence-electron chi connectivity index (χ4n) is 8.26. The number of hydrogen-bond acceptors (Lipinski definition) is 5. The van der Waals surface area contributed by atoms with E-state index in [-0.39, 0.29) is 25.2 Å². The summed E-state index contributed by atoms with van der Waals surface area (Å²) in [5.41, 5.74) is 0. The quantitative estimate of drug-likeness (QED) is 0.0374. The van der Waals surface area contributed by atoms with Crippen molar-refractivity contribution in [2.45, 2.75) is 296 Å². The van der Waals surface area contributed by atoms with E-state index in [1.54, 1.807) is 0 Å². The van der Waals surface area contributed by atoms with E-state index < -0.39 is 6.10 Å². The SMILES string of the molecule is CC/C=C\C/C=C\C/C=C\C/C=C\CCCCCCCCCCCCCCCCCCCCCCCCCCC(=O)OC(CO)COC(=O)CCCCCCCCCCCCCC. The Morgan fingerprint density at radius 3 is 1.03 bits per heavy atom. The molecule has 5 heteroatoms. The van der Waals surface area contributed by atoms with Crippen LogP contribution in [0.4, 0.5) is 0 Å². The summed E-state index contributed by atoms with van der Waals surface area (Å²) in [5.74, 6) is -0.575. The van der Waals surface area contributed by atoms with Gasteiger partial charge >= 0.3 is 11.9 Å². The summed E-state index contributed by atoms with van der Waals surface area (Å²) in [7, 11) is 0. The Morgan fingerprint density at radius 2 is 0.683 bits per heavy atom. The second kappa shape index (κ2) is 54.2. The summed E-state index contributed by atoms with van der Waals surface area (Å²) in [6.07, 6.45) is 71.0. The van der Waals surface area contributed by atoms with Gasteiger partial charge in [0.1, 0.15) is 6.61 Å². The standard InChI is InChI=1S/C58H106O5/c1-3-5-7-9-11-13-15-17-18-19-20-21-22-23-24-25-26-27-28-29-30-31-32-33-34-35-36-37-38-39-40-41-43-45-47-49-51-53-58(61)63-56(54-59)55-62-57(60)52-50-48-46-44-42-16-14-12-10-8-6-4-2/h5,7,11,13,17-18,20-21,56,59H,3-4,6,8-10,12,14-16,19,22-55H2,1-2H3/b7-5-,13-11-,18-17-,21-20-. The fourth-order valence-corrected chi connectivity index (χ4v) is 8.26. The van der Waals surface area contributed by atoms with Crippen molar-refractivity contribution in [3.05, 3.63) is 48.6 Å². The Hall–Kier alpha value is -2.14.